The summed E-state index contributed by atoms with van der Waals surface area (Å²) in [4.78, 5) is 15.9. The van der Waals surface area contributed by atoms with Crippen molar-refractivity contribution in [1.29, 1.82) is 0 Å². The van der Waals surface area contributed by atoms with Crippen LogP contribution >= 0.6 is 0 Å². The van der Waals surface area contributed by atoms with Gasteiger partial charge in [0.25, 0.3) is 0 Å². The maximum absolute atomic E-state index is 13.1. The molecule has 0 spiro atoms. The highest BCUT2D eigenvalue weighted by Crippen LogP contribution is 2.42. The zero-order valence-corrected chi connectivity index (χ0v) is 16.6. The van der Waals surface area contributed by atoms with Gasteiger partial charge in [-0.05, 0) is 48.9 Å². The first-order chi connectivity index (χ1) is 13.1. The molecule has 1 saturated heterocycles. The maximum atomic E-state index is 13.1. The van der Waals surface area contributed by atoms with Crippen LogP contribution in [0.25, 0.3) is 0 Å². The second-order valence-electron chi connectivity index (χ2n) is 7.63. The molecule has 1 amide bonds. The Kier molecular flexibility index (Phi) is 6.58. The summed E-state index contributed by atoms with van der Waals surface area (Å²) < 4.78 is 24.1. The van der Waals surface area contributed by atoms with E-state index in [-0.39, 0.29) is 18.6 Å². The van der Waals surface area contributed by atoms with Crippen LogP contribution in [0.4, 0.5) is 4.39 Å². The molecule has 2 unspecified atom stereocenters. The summed E-state index contributed by atoms with van der Waals surface area (Å²) in [5.41, 5.74) is 2.63. The van der Waals surface area contributed by atoms with Gasteiger partial charge in [0.2, 0.25) is 6.41 Å². The monoisotopic (exact) mass is 378 g/mol. The van der Waals surface area contributed by atoms with Crippen molar-refractivity contribution in [1.82, 2.24) is 9.80 Å². The average molecular weight is 378 g/mol. The Morgan fingerprint density at radius 3 is 2.67 bits per heavy atom. The Morgan fingerprint density at radius 1 is 1.30 bits per heavy atom. The lowest BCUT2D eigenvalue weighted by molar-refractivity contribution is -0.122. The first-order valence-corrected chi connectivity index (χ1v) is 9.90. The second kappa shape index (κ2) is 8.91. The quantitative estimate of drug-likeness (QED) is 0.652. The van der Waals surface area contributed by atoms with E-state index in [0.29, 0.717) is 12.6 Å². The highest BCUT2D eigenvalue weighted by Gasteiger charge is 2.36. The summed E-state index contributed by atoms with van der Waals surface area (Å²) in [7, 11) is 3.33. The van der Waals surface area contributed by atoms with Crippen molar-refractivity contribution in [2.24, 2.45) is 5.92 Å². The normalized spacial score (nSPS) is 23.1. The van der Waals surface area contributed by atoms with Gasteiger partial charge in [0.05, 0.1) is 20.9 Å². The van der Waals surface area contributed by atoms with Crippen LogP contribution in [0, 0.1) is 5.92 Å². The molecule has 0 N–H and O–H groups in total. The smallest absolute Gasteiger partial charge is 0.210 e. The van der Waals surface area contributed by atoms with E-state index < -0.39 is 0 Å². The molecule has 150 valence electrons. The number of fused-ring (bicyclic) bond motifs is 3. The van der Waals surface area contributed by atoms with Crippen molar-refractivity contribution in [3.05, 3.63) is 23.3 Å². The van der Waals surface area contributed by atoms with Crippen molar-refractivity contribution < 1.29 is 18.7 Å². The number of hydrogen-bond acceptors (Lipinski definition) is 4. The molecule has 27 heavy (non-hydrogen) atoms. The molecule has 0 bridgehead atoms. The lowest BCUT2D eigenvalue weighted by Crippen LogP contribution is -2.51. The number of methoxy groups -OCH3 is 2. The summed E-state index contributed by atoms with van der Waals surface area (Å²) in [6.45, 7) is 3.94. The number of rotatable bonds is 8. The van der Waals surface area contributed by atoms with Crippen LogP contribution in [0.2, 0.25) is 0 Å². The molecule has 6 heteroatoms. The topological polar surface area (TPSA) is 42.0 Å². The Labute approximate surface area is 161 Å². The standard InChI is InChI=1S/C21H31FN2O3/c1-4-15(11-22)12-24(14-25)17-5-6-19-18-10-21(27-3)20(26-2)9-16(18)7-8-23(19)13-17/h9-10,14-15,17,19H,4-8,11-13H2,1-3H3/t15?,17-,19?/m1/s1. The van der Waals surface area contributed by atoms with Crippen LogP contribution in [0.5, 0.6) is 11.5 Å². The lowest BCUT2D eigenvalue weighted by Gasteiger charge is -2.46. The molecule has 5 nitrogen and oxygen atoms in total. The number of amides is 1. The minimum absolute atomic E-state index is 0.0632. The molecule has 0 saturated carbocycles. The van der Waals surface area contributed by atoms with Gasteiger partial charge in [0.15, 0.2) is 11.5 Å². The van der Waals surface area contributed by atoms with Crippen molar-refractivity contribution in [2.75, 3.05) is 40.5 Å². The third kappa shape index (κ3) is 4.05. The van der Waals surface area contributed by atoms with Gasteiger partial charge in [-0.3, -0.25) is 14.1 Å². The minimum Gasteiger partial charge on any atom is -0.493 e. The molecule has 2 heterocycles. The van der Waals surface area contributed by atoms with Gasteiger partial charge < -0.3 is 14.4 Å². The first kappa shape index (κ1) is 19.9. The molecule has 2 aliphatic rings. The summed E-state index contributed by atoms with van der Waals surface area (Å²) in [5.74, 6) is 1.48. The van der Waals surface area contributed by atoms with Crippen molar-refractivity contribution in [3.63, 3.8) is 0 Å². The van der Waals surface area contributed by atoms with Gasteiger partial charge >= 0.3 is 0 Å². The number of ether oxygens (including phenoxy) is 2. The Morgan fingerprint density at radius 2 is 2.04 bits per heavy atom. The second-order valence-corrected chi connectivity index (χ2v) is 7.63. The summed E-state index contributed by atoms with van der Waals surface area (Å²) >= 11 is 0. The third-order valence-electron chi connectivity index (χ3n) is 6.20. The number of carbonyl (C=O) groups excluding carboxylic acids is 1. The average Bonchev–Trinajstić information content (AvgIpc) is 2.73. The fraction of sp³-hybridized carbons (Fsp3) is 0.667. The molecule has 1 aromatic rings. The number of halogens is 1. The highest BCUT2D eigenvalue weighted by atomic mass is 19.1. The van der Waals surface area contributed by atoms with Crippen LogP contribution in [0.15, 0.2) is 12.1 Å². The predicted molar refractivity (Wildman–Crippen MR) is 103 cm³/mol. The fourth-order valence-corrected chi connectivity index (χ4v) is 4.48. The summed E-state index contributed by atoms with van der Waals surface area (Å²) in [6, 6.07) is 4.73. The number of alkyl halides is 1. The number of benzene rings is 1. The number of hydrogen-bond donors (Lipinski definition) is 0. The number of nitrogens with zero attached hydrogens (tertiary/aromatic N) is 2. The Balaban J connectivity index is 1.75. The SMILES string of the molecule is CCC(CF)CN(C=O)[C@@H]1CCC2c3cc(OC)c(OC)cc3CCN2C1. The van der Waals surface area contributed by atoms with Crippen LogP contribution in [-0.4, -0.2) is 62.8 Å². The molecule has 1 aromatic carbocycles. The van der Waals surface area contributed by atoms with Gasteiger partial charge in [-0.25, -0.2) is 0 Å². The van der Waals surface area contributed by atoms with E-state index in [4.69, 9.17) is 9.47 Å². The maximum Gasteiger partial charge on any atom is 0.210 e. The Hall–Kier alpha value is -1.82. The molecule has 3 atom stereocenters. The number of carbonyl (C=O) groups is 1. The van der Waals surface area contributed by atoms with E-state index in [2.05, 4.69) is 17.0 Å². The number of piperidine rings is 1. The molecule has 0 aromatic heterocycles. The third-order valence-corrected chi connectivity index (χ3v) is 6.20. The first-order valence-electron chi connectivity index (χ1n) is 9.90. The molecule has 1 fully saturated rings. The van der Waals surface area contributed by atoms with Gasteiger partial charge in [-0.2, -0.15) is 0 Å². The lowest BCUT2D eigenvalue weighted by atomic mass is 9.85. The van der Waals surface area contributed by atoms with Crippen molar-refractivity contribution in [2.45, 2.75) is 44.7 Å². The molecule has 2 aliphatic heterocycles. The van der Waals surface area contributed by atoms with Gasteiger partial charge in [0.1, 0.15) is 0 Å². The van der Waals surface area contributed by atoms with E-state index in [1.165, 1.54) is 11.1 Å². The van der Waals surface area contributed by atoms with E-state index in [9.17, 15) is 9.18 Å². The minimum atomic E-state index is -0.366. The fourth-order valence-electron chi connectivity index (χ4n) is 4.48. The van der Waals surface area contributed by atoms with Gasteiger partial charge in [-0.1, -0.05) is 6.92 Å². The van der Waals surface area contributed by atoms with E-state index >= 15 is 0 Å². The predicted octanol–water partition coefficient (Wildman–Crippen LogP) is 3.22. The molecule has 0 radical (unpaired) electrons. The highest BCUT2D eigenvalue weighted by molar-refractivity contribution is 5.50. The molecular weight excluding hydrogens is 347 g/mol. The molecule has 0 aliphatic carbocycles. The van der Waals surface area contributed by atoms with Crippen molar-refractivity contribution in [3.8, 4) is 11.5 Å². The summed E-state index contributed by atoms with van der Waals surface area (Å²) in [5, 5.41) is 0. The van der Waals surface area contributed by atoms with Crippen LogP contribution in [0.1, 0.15) is 43.4 Å². The zero-order valence-electron chi connectivity index (χ0n) is 16.6. The molecular formula is C21H31FN2O3. The zero-order chi connectivity index (χ0) is 19.4. The van der Waals surface area contributed by atoms with E-state index in [1.807, 2.05) is 11.8 Å². The van der Waals surface area contributed by atoms with Crippen LogP contribution in [-0.2, 0) is 11.2 Å². The van der Waals surface area contributed by atoms with Crippen LogP contribution in [0.3, 0.4) is 0 Å². The van der Waals surface area contributed by atoms with Crippen molar-refractivity contribution >= 4 is 6.41 Å². The Bertz CT molecular complexity index is 651. The largest absolute Gasteiger partial charge is 0.493 e. The van der Waals surface area contributed by atoms with E-state index in [1.54, 1.807) is 14.2 Å². The van der Waals surface area contributed by atoms with Gasteiger partial charge in [0, 0.05) is 37.6 Å². The van der Waals surface area contributed by atoms with Crippen LogP contribution < -0.4 is 9.47 Å². The van der Waals surface area contributed by atoms with E-state index in [0.717, 1.165) is 56.7 Å². The van der Waals surface area contributed by atoms with Gasteiger partial charge in [-0.15, -0.1) is 0 Å². The summed E-state index contributed by atoms with van der Waals surface area (Å²) in [6.07, 6.45) is 4.56. The molecule has 3 rings (SSSR count).